The maximum Gasteiger partial charge on any atom is 0.146 e. The number of nitrogens with zero attached hydrogens (tertiary/aromatic N) is 2. The van der Waals surface area contributed by atoms with Crippen LogP contribution in [0, 0.1) is 0 Å². The maximum absolute atomic E-state index is 5.00. The van der Waals surface area contributed by atoms with E-state index in [2.05, 4.69) is 138 Å². The van der Waals surface area contributed by atoms with Gasteiger partial charge in [0.15, 0.2) is 0 Å². The lowest BCUT2D eigenvalue weighted by molar-refractivity contribution is 1.31. The van der Waals surface area contributed by atoms with Gasteiger partial charge < -0.3 is 0 Å². The van der Waals surface area contributed by atoms with Crippen molar-refractivity contribution in [2.75, 3.05) is 0 Å². The smallest absolute Gasteiger partial charge is 0.146 e. The molecule has 0 N–H and O–H groups in total. The third-order valence-corrected chi connectivity index (χ3v) is 8.61. The number of hydrogen-bond acceptors (Lipinski definition) is 2. The van der Waals surface area contributed by atoms with Gasteiger partial charge in [-0.2, -0.15) is 0 Å². The molecule has 0 aliphatic heterocycles. The molecule has 0 saturated carbocycles. The summed E-state index contributed by atoms with van der Waals surface area (Å²) < 4.78 is 2.31. The van der Waals surface area contributed by atoms with Gasteiger partial charge in [0.2, 0.25) is 0 Å². The molecule has 8 rings (SSSR count). The first-order valence-electron chi connectivity index (χ1n) is 12.8. The summed E-state index contributed by atoms with van der Waals surface area (Å²) in [5.41, 5.74) is 9.30. The molecular weight excluding hydrogens is 480 g/mol. The molecule has 0 radical (unpaired) electrons. The molecule has 0 aliphatic rings. The summed E-state index contributed by atoms with van der Waals surface area (Å²) >= 11 is 1.84. The zero-order valence-corrected chi connectivity index (χ0v) is 21.3. The lowest BCUT2D eigenvalue weighted by atomic mass is 9.99. The average molecular weight is 503 g/mol. The van der Waals surface area contributed by atoms with Crippen molar-refractivity contribution >= 4 is 49.7 Å². The number of hydrogen-bond donors (Lipinski definition) is 0. The highest BCUT2D eigenvalue weighted by molar-refractivity contribution is 7.18. The van der Waals surface area contributed by atoms with Crippen LogP contribution in [0.15, 0.2) is 133 Å². The maximum atomic E-state index is 5.00. The second kappa shape index (κ2) is 8.41. The first kappa shape index (κ1) is 21.4. The van der Waals surface area contributed by atoms with Gasteiger partial charge >= 0.3 is 0 Å². The molecular formula is C35H22N2S. The number of imidazole rings is 1. The fourth-order valence-corrected chi connectivity index (χ4v) is 6.58. The second-order valence-electron chi connectivity index (χ2n) is 9.64. The summed E-state index contributed by atoms with van der Waals surface area (Å²) in [6.45, 7) is 0. The van der Waals surface area contributed by atoms with E-state index in [9.17, 15) is 0 Å². The van der Waals surface area contributed by atoms with Crippen LogP contribution in [0.5, 0.6) is 0 Å². The minimum Gasteiger partial charge on any atom is -0.292 e. The minimum atomic E-state index is 1.01. The van der Waals surface area contributed by atoms with Crippen molar-refractivity contribution < 1.29 is 0 Å². The predicted molar refractivity (Wildman–Crippen MR) is 162 cm³/mol. The Hall–Kier alpha value is -4.73. The monoisotopic (exact) mass is 502 g/mol. The summed E-state index contributed by atoms with van der Waals surface area (Å²) in [7, 11) is 0. The molecule has 5 aromatic carbocycles. The van der Waals surface area contributed by atoms with Crippen LogP contribution < -0.4 is 0 Å². The average Bonchev–Trinajstić information content (AvgIpc) is 3.64. The molecule has 2 nitrogen and oxygen atoms in total. The molecule has 3 heterocycles. The van der Waals surface area contributed by atoms with Crippen LogP contribution in [0.2, 0.25) is 0 Å². The van der Waals surface area contributed by atoms with Crippen molar-refractivity contribution in [3.05, 3.63) is 133 Å². The third-order valence-electron chi connectivity index (χ3n) is 7.42. The number of fused-ring (bicyclic) bond motifs is 8. The van der Waals surface area contributed by atoms with E-state index in [0.29, 0.717) is 0 Å². The Bertz CT molecular complexity index is 2120. The molecule has 0 bridgehead atoms. The van der Waals surface area contributed by atoms with Gasteiger partial charge in [-0.25, -0.2) is 4.98 Å². The van der Waals surface area contributed by atoms with Crippen LogP contribution in [0.3, 0.4) is 0 Å². The van der Waals surface area contributed by atoms with Crippen LogP contribution in [-0.2, 0) is 0 Å². The van der Waals surface area contributed by atoms with Gasteiger partial charge in [-0.15, -0.1) is 11.3 Å². The van der Waals surface area contributed by atoms with Crippen molar-refractivity contribution in [2.24, 2.45) is 0 Å². The molecule has 0 spiro atoms. The summed E-state index contributed by atoms with van der Waals surface area (Å²) in [4.78, 5) is 7.58. The quantitative estimate of drug-likeness (QED) is 0.220. The Morgan fingerprint density at radius 2 is 1.08 bits per heavy atom. The van der Waals surface area contributed by atoms with Crippen molar-refractivity contribution in [3.8, 4) is 32.0 Å². The van der Waals surface area contributed by atoms with Gasteiger partial charge in [0, 0.05) is 20.5 Å². The molecule has 3 heteroatoms. The lowest BCUT2D eigenvalue weighted by Crippen LogP contribution is -1.92. The summed E-state index contributed by atoms with van der Waals surface area (Å²) in [5, 5.41) is 3.65. The lowest BCUT2D eigenvalue weighted by Gasteiger charge is -2.11. The molecule has 0 saturated heterocycles. The number of aromatic nitrogens is 2. The second-order valence-corrected chi connectivity index (χ2v) is 10.7. The normalized spacial score (nSPS) is 11.7. The molecule has 8 aromatic rings. The van der Waals surface area contributed by atoms with E-state index in [1.165, 1.54) is 53.7 Å². The van der Waals surface area contributed by atoms with E-state index in [-0.39, 0.29) is 0 Å². The van der Waals surface area contributed by atoms with Gasteiger partial charge in [0.1, 0.15) is 5.65 Å². The molecule has 3 aromatic heterocycles. The number of para-hydroxylation sites is 2. The Labute approximate surface area is 224 Å². The Morgan fingerprint density at radius 3 is 1.89 bits per heavy atom. The first-order chi connectivity index (χ1) is 18.8. The van der Waals surface area contributed by atoms with Gasteiger partial charge in [-0.1, -0.05) is 97.1 Å². The fourth-order valence-electron chi connectivity index (χ4n) is 5.57. The van der Waals surface area contributed by atoms with E-state index in [0.717, 1.165) is 16.7 Å². The van der Waals surface area contributed by atoms with Gasteiger partial charge in [-0.05, 0) is 64.0 Å². The van der Waals surface area contributed by atoms with Crippen LogP contribution >= 0.6 is 11.3 Å². The summed E-state index contributed by atoms with van der Waals surface area (Å²) in [6, 6.07) is 47.8. The first-order valence-corrected chi connectivity index (χ1v) is 13.6. The van der Waals surface area contributed by atoms with Crippen LogP contribution in [0.4, 0.5) is 0 Å². The summed E-state index contributed by atoms with van der Waals surface area (Å²) in [5.74, 6) is 0. The SMILES string of the molecule is c1ccc(-c2ccc(-c3ccc(-c4ccc5c(c4)c4ccccc4c4nc6ccccc6n54)cc3)s2)cc1. The molecule has 0 unspecified atom stereocenters. The number of pyridine rings is 1. The Balaban J connectivity index is 1.25. The largest absolute Gasteiger partial charge is 0.292 e. The van der Waals surface area contributed by atoms with E-state index in [1.807, 2.05) is 11.3 Å². The molecule has 38 heavy (non-hydrogen) atoms. The highest BCUT2D eigenvalue weighted by atomic mass is 32.1. The van der Waals surface area contributed by atoms with Crippen molar-refractivity contribution in [1.29, 1.82) is 0 Å². The van der Waals surface area contributed by atoms with Crippen molar-refractivity contribution in [2.45, 2.75) is 0 Å². The third kappa shape index (κ3) is 3.29. The zero-order valence-electron chi connectivity index (χ0n) is 20.5. The molecule has 0 amide bonds. The number of benzene rings is 5. The van der Waals surface area contributed by atoms with Crippen LogP contribution in [0.25, 0.3) is 70.4 Å². The van der Waals surface area contributed by atoms with Crippen molar-refractivity contribution in [1.82, 2.24) is 9.38 Å². The molecule has 0 aliphatic carbocycles. The van der Waals surface area contributed by atoms with E-state index < -0.39 is 0 Å². The van der Waals surface area contributed by atoms with Crippen LogP contribution in [0.1, 0.15) is 0 Å². The van der Waals surface area contributed by atoms with Gasteiger partial charge in [-0.3, -0.25) is 4.40 Å². The van der Waals surface area contributed by atoms with E-state index >= 15 is 0 Å². The van der Waals surface area contributed by atoms with Crippen LogP contribution in [-0.4, -0.2) is 9.38 Å². The Kier molecular flexibility index (Phi) is 4.73. The number of thiophene rings is 1. The van der Waals surface area contributed by atoms with E-state index in [1.54, 1.807) is 0 Å². The van der Waals surface area contributed by atoms with Crippen molar-refractivity contribution in [3.63, 3.8) is 0 Å². The predicted octanol–water partition coefficient (Wildman–Crippen LogP) is 9.86. The molecule has 0 fully saturated rings. The highest BCUT2D eigenvalue weighted by Gasteiger charge is 2.14. The summed E-state index contributed by atoms with van der Waals surface area (Å²) in [6.07, 6.45) is 0. The number of rotatable bonds is 3. The van der Waals surface area contributed by atoms with Gasteiger partial charge in [0.05, 0.1) is 16.6 Å². The van der Waals surface area contributed by atoms with E-state index in [4.69, 9.17) is 4.98 Å². The standard InChI is InChI=1S/C35H22N2S/c1-2-8-24(9-3-1)33-20-21-34(38-33)25-16-14-23(15-17-25)26-18-19-31-29(22-26)27-10-4-5-11-28(27)35-36-30-12-6-7-13-32(30)37(31)35/h1-22H. The molecule has 178 valence electrons. The highest BCUT2D eigenvalue weighted by Crippen LogP contribution is 2.37. The topological polar surface area (TPSA) is 17.3 Å². The minimum absolute atomic E-state index is 1.01. The fraction of sp³-hybridized carbons (Fsp3) is 0. The molecule has 0 atom stereocenters. The Morgan fingerprint density at radius 1 is 0.447 bits per heavy atom. The van der Waals surface area contributed by atoms with Gasteiger partial charge in [0.25, 0.3) is 0 Å². The zero-order chi connectivity index (χ0) is 25.1.